The minimum Gasteiger partial charge on any atom is -0.481 e. The summed E-state index contributed by atoms with van der Waals surface area (Å²) >= 11 is 0. The minimum atomic E-state index is -0.815. The highest BCUT2D eigenvalue weighted by Gasteiger charge is 2.36. The molecule has 0 aliphatic carbocycles. The third-order valence-electron chi connectivity index (χ3n) is 3.40. The van der Waals surface area contributed by atoms with Crippen molar-refractivity contribution in [3.05, 3.63) is 18.5 Å². The van der Waals surface area contributed by atoms with Crippen molar-refractivity contribution >= 4 is 11.9 Å². The number of aromatic nitrogens is 2. The quantitative estimate of drug-likeness (QED) is 0.843. The van der Waals surface area contributed by atoms with Crippen LogP contribution >= 0.6 is 0 Å². The fraction of sp³-hybridized carbons (Fsp3) is 0.583. The third kappa shape index (κ3) is 2.69. The van der Waals surface area contributed by atoms with E-state index < -0.39 is 11.9 Å². The summed E-state index contributed by atoms with van der Waals surface area (Å²) in [6, 6.07) is 1.81. The van der Waals surface area contributed by atoms with Crippen LogP contribution in [-0.4, -0.2) is 44.8 Å². The number of hydrogen-bond acceptors (Lipinski definition) is 3. The minimum absolute atomic E-state index is 0.00102. The van der Waals surface area contributed by atoms with Gasteiger partial charge in [0, 0.05) is 38.4 Å². The molecule has 98 valence electrons. The number of hydrogen-bond donors (Lipinski definition) is 1. The van der Waals surface area contributed by atoms with Gasteiger partial charge in [0.2, 0.25) is 5.91 Å². The highest BCUT2D eigenvalue weighted by Crippen LogP contribution is 2.23. The van der Waals surface area contributed by atoms with Crippen LogP contribution in [0, 0.1) is 11.8 Å². The van der Waals surface area contributed by atoms with E-state index in [0.29, 0.717) is 26.1 Å². The van der Waals surface area contributed by atoms with Gasteiger partial charge >= 0.3 is 5.97 Å². The number of rotatable bonds is 4. The van der Waals surface area contributed by atoms with Crippen molar-refractivity contribution in [1.29, 1.82) is 0 Å². The predicted molar refractivity (Wildman–Crippen MR) is 63.7 cm³/mol. The van der Waals surface area contributed by atoms with Crippen LogP contribution in [-0.2, 0) is 16.1 Å². The van der Waals surface area contributed by atoms with Gasteiger partial charge in [0.1, 0.15) is 0 Å². The molecule has 2 atom stereocenters. The molecule has 18 heavy (non-hydrogen) atoms. The van der Waals surface area contributed by atoms with E-state index >= 15 is 0 Å². The van der Waals surface area contributed by atoms with Crippen LogP contribution in [0.1, 0.15) is 13.3 Å². The Kier molecular flexibility index (Phi) is 3.64. The average Bonchev–Trinajstić information content (AvgIpc) is 2.94. The van der Waals surface area contributed by atoms with Crippen molar-refractivity contribution in [2.75, 3.05) is 13.1 Å². The van der Waals surface area contributed by atoms with Crippen molar-refractivity contribution in [3.63, 3.8) is 0 Å². The summed E-state index contributed by atoms with van der Waals surface area (Å²) in [6.07, 6.45) is 3.84. The SMILES string of the molecule is C[C@@H]1CN(C(=O)CCn2cccn2)C[C@H]1C(=O)O. The summed E-state index contributed by atoms with van der Waals surface area (Å²) < 4.78 is 1.70. The van der Waals surface area contributed by atoms with Crippen molar-refractivity contribution in [2.45, 2.75) is 19.9 Å². The maximum absolute atomic E-state index is 11.9. The van der Waals surface area contributed by atoms with E-state index in [1.807, 2.05) is 13.0 Å². The number of carboxylic acids is 1. The molecule has 1 amide bonds. The molecule has 6 heteroatoms. The molecule has 1 aromatic rings. The van der Waals surface area contributed by atoms with Gasteiger partial charge < -0.3 is 10.0 Å². The van der Waals surface area contributed by atoms with Crippen LogP contribution in [0.2, 0.25) is 0 Å². The first kappa shape index (κ1) is 12.6. The molecule has 1 aromatic heterocycles. The lowest BCUT2D eigenvalue weighted by molar-refractivity contribution is -0.142. The maximum Gasteiger partial charge on any atom is 0.308 e. The van der Waals surface area contributed by atoms with Gasteiger partial charge in [-0.15, -0.1) is 0 Å². The zero-order valence-corrected chi connectivity index (χ0v) is 10.3. The van der Waals surface area contributed by atoms with Crippen LogP contribution < -0.4 is 0 Å². The number of carbonyl (C=O) groups excluding carboxylic acids is 1. The monoisotopic (exact) mass is 251 g/mol. The van der Waals surface area contributed by atoms with Crippen molar-refractivity contribution in [1.82, 2.24) is 14.7 Å². The molecule has 1 saturated heterocycles. The van der Waals surface area contributed by atoms with Gasteiger partial charge in [-0.2, -0.15) is 5.10 Å². The van der Waals surface area contributed by atoms with Gasteiger partial charge in [0.05, 0.1) is 5.92 Å². The van der Waals surface area contributed by atoms with E-state index in [9.17, 15) is 9.59 Å². The Hall–Kier alpha value is -1.85. The number of carboxylic acid groups (broad SMARTS) is 1. The molecule has 0 bridgehead atoms. The molecule has 1 fully saturated rings. The van der Waals surface area contributed by atoms with Gasteiger partial charge in [-0.05, 0) is 12.0 Å². The Balaban J connectivity index is 1.85. The fourth-order valence-electron chi connectivity index (χ4n) is 2.29. The van der Waals surface area contributed by atoms with Gasteiger partial charge in [-0.3, -0.25) is 14.3 Å². The normalized spacial score (nSPS) is 23.3. The number of carbonyl (C=O) groups is 2. The lowest BCUT2D eigenvalue weighted by atomic mass is 9.99. The molecule has 0 saturated carbocycles. The Morgan fingerprint density at radius 3 is 2.78 bits per heavy atom. The Labute approximate surface area is 105 Å². The highest BCUT2D eigenvalue weighted by atomic mass is 16.4. The largest absolute Gasteiger partial charge is 0.481 e. The summed E-state index contributed by atoms with van der Waals surface area (Å²) in [5.41, 5.74) is 0. The fourth-order valence-corrected chi connectivity index (χ4v) is 2.29. The molecular weight excluding hydrogens is 234 g/mol. The van der Waals surface area contributed by atoms with Gasteiger partial charge in [0.15, 0.2) is 0 Å². The Morgan fingerprint density at radius 1 is 1.44 bits per heavy atom. The second-order valence-corrected chi connectivity index (χ2v) is 4.74. The Bertz CT molecular complexity index is 430. The number of amides is 1. The lowest BCUT2D eigenvalue weighted by Gasteiger charge is -2.15. The van der Waals surface area contributed by atoms with E-state index in [4.69, 9.17) is 5.11 Å². The highest BCUT2D eigenvalue weighted by molar-refractivity contribution is 5.78. The van der Waals surface area contributed by atoms with Crippen LogP contribution in [0.3, 0.4) is 0 Å². The second-order valence-electron chi connectivity index (χ2n) is 4.74. The van der Waals surface area contributed by atoms with Crippen LogP contribution in [0.4, 0.5) is 0 Å². The summed E-state index contributed by atoms with van der Waals surface area (Å²) in [6.45, 7) is 3.28. The molecule has 2 rings (SSSR count). The number of aryl methyl sites for hydroxylation is 1. The molecule has 0 unspecified atom stereocenters. The van der Waals surface area contributed by atoms with E-state index in [1.165, 1.54) is 0 Å². The zero-order valence-electron chi connectivity index (χ0n) is 10.3. The van der Waals surface area contributed by atoms with Gasteiger partial charge in [0.25, 0.3) is 0 Å². The molecule has 1 N–H and O–H groups in total. The summed E-state index contributed by atoms with van der Waals surface area (Å²) in [5, 5.41) is 13.0. The molecule has 0 radical (unpaired) electrons. The number of nitrogens with zero attached hydrogens (tertiary/aromatic N) is 3. The van der Waals surface area contributed by atoms with Crippen LogP contribution in [0.5, 0.6) is 0 Å². The van der Waals surface area contributed by atoms with Gasteiger partial charge in [-0.1, -0.05) is 6.92 Å². The number of likely N-dealkylation sites (tertiary alicyclic amines) is 1. The van der Waals surface area contributed by atoms with E-state index in [-0.39, 0.29) is 11.8 Å². The standard InChI is InChI=1S/C12H17N3O3/c1-9-7-14(8-10(9)12(17)18)11(16)3-6-15-5-2-4-13-15/h2,4-5,9-10H,3,6-8H2,1H3,(H,17,18)/t9-,10-/m1/s1. The zero-order chi connectivity index (χ0) is 13.1. The van der Waals surface area contributed by atoms with E-state index in [2.05, 4.69) is 5.10 Å². The summed E-state index contributed by atoms with van der Waals surface area (Å²) in [5.74, 6) is -1.22. The molecule has 1 aliphatic heterocycles. The first-order valence-corrected chi connectivity index (χ1v) is 6.06. The number of aliphatic carboxylic acids is 1. The second kappa shape index (κ2) is 5.20. The first-order valence-electron chi connectivity index (χ1n) is 6.06. The summed E-state index contributed by atoms with van der Waals surface area (Å²) in [7, 11) is 0. The summed E-state index contributed by atoms with van der Waals surface area (Å²) in [4.78, 5) is 24.6. The van der Waals surface area contributed by atoms with Crippen molar-refractivity contribution in [3.8, 4) is 0 Å². The van der Waals surface area contributed by atoms with Crippen LogP contribution in [0.15, 0.2) is 18.5 Å². The molecule has 6 nitrogen and oxygen atoms in total. The molecule has 0 aromatic carbocycles. The maximum atomic E-state index is 11.9. The molecular formula is C12H17N3O3. The third-order valence-corrected chi connectivity index (χ3v) is 3.40. The Morgan fingerprint density at radius 2 is 2.22 bits per heavy atom. The molecule has 0 spiro atoms. The van der Waals surface area contributed by atoms with Gasteiger partial charge in [-0.25, -0.2) is 0 Å². The van der Waals surface area contributed by atoms with E-state index in [0.717, 1.165) is 0 Å². The lowest BCUT2D eigenvalue weighted by Crippen LogP contribution is -2.30. The van der Waals surface area contributed by atoms with Crippen LogP contribution in [0.25, 0.3) is 0 Å². The first-order chi connectivity index (χ1) is 8.58. The van der Waals surface area contributed by atoms with Crippen molar-refractivity contribution < 1.29 is 14.7 Å². The predicted octanol–water partition coefficient (Wildman–Crippen LogP) is 0.452. The smallest absolute Gasteiger partial charge is 0.308 e. The molecule has 1 aliphatic rings. The van der Waals surface area contributed by atoms with E-state index in [1.54, 1.807) is 22.0 Å². The van der Waals surface area contributed by atoms with Crippen molar-refractivity contribution in [2.24, 2.45) is 11.8 Å². The molecule has 2 heterocycles. The average molecular weight is 251 g/mol. The topological polar surface area (TPSA) is 75.4 Å².